The second-order valence-corrected chi connectivity index (χ2v) is 7.14. The largest absolute Gasteiger partial charge is 0.465 e. The molecule has 2 rings (SSSR count). The Morgan fingerprint density at radius 1 is 1.44 bits per heavy atom. The first-order valence-corrected chi connectivity index (χ1v) is 8.24. The number of carboxylic acid groups (broad SMARTS) is 1. The summed E-state index contributed by atoms with van der Waals surface area (Å²) in [4.78, 5) is 30.8. The van der Waals surface area contributed by atoms with E-state index in [4.69, 9.17) is 16.3 Å². The molecule has 1 aromatic heterocycles. The predicted molar refractivity (Wildman–Crippen MR) is 90.4 cm³/mol. The number of rotatable bonds is 3. The molecule has 8 nitrogen and oxygen atoms in total. The van der Waals surface area contributed by atoms with Crippen LogP contribution in [0.2, 0.25) is 5.15 Å². The Kier molecular flexibility index (Phi) is 5.74. The zero-order valence-electron chi connectivity index (χ0n) is 14.4. The summed E-state index contributed by atoms with van der Waals surface area (Å²) in [7, 11) is 0. The fourth-order valence-electron chi connectivity index (χ4n) is 2.66. The minimum Gasteiger partial charge on any atom is -0.465 e. The van der Waals surface area contributed by atoms with Gasteiger partial charge in [-0.25, -0.2) is 14.6 Å². The van der Waals surface area contributed by atoms with Crippen LogP contribution in [0, 0.1) is 0 Å². The first kappa shape index (κ1) is 19.3. The van der Waals surface area contributed by atoms with Gasteiger partial charge in [-0.1, -0.05) is 17.7 Å². The van der Waals surface area contributed by atoms with E-state index in [1.54, 1.807) is 32.9 Å². The molecule has 25 heavy (non-hydrogen) atoms. The van der Waals surface area contributed by atoms with Crippen LogP contribution < -0.4 is 0 Å². The number of hydrogen-bond acceptors (Lipinski definition) is 5. The van der Waals surface area contributed by atoms with Crippen molar-refractivity contribution in [3.8, 4) is 0 Å². The Bertz CT molecular complexity index is 662. The van der Waals surface area contributed by atoms with Crippen molar-refractivity contribution in [2.45, 2.75) is 39.0 Å². The molecule has 2 N–H and O–H groups in total. The van der Waals surface area contributed by atoms with Gasteiger partial charge in [0.2, 0.25) is 0 Å². The number of amides is 2. The SMILES string of the molecule is CC(C)(C)OC(=O)N(CCO)C1CN(C(=O)O)Cc2ccc(Cl)nc21. The van der Waals surface area contributed by atoms with E-state index in [1.807, 2.05) is 0 Å². The van der Waals surface area contributed by atoms with E-state index in [-0.39, 0.29) is 31.4 Å². The lowest BCUT2D eigenvalue weighted by molar-refractivity contribution is 0.00509. The topological polar surface area (TPSA) is 103 Å². The van der Waals surface area contributed by atoms with Crippen LogP contribution in [-0.2, 0) is 11.3 Å². The van der Waals surface area contributed by atoms with Gasteiger partial charge in [-0.15, -0.1) is 0 Å². The standard InChI is InChI=1S/C16H22ClN3O5/c1-16(2,3)25-15(24)20(6-7-21)11-9-19(14(22)23)8-10-4-5-12(17)18-13(10)11/h4-5,11,21H,6-9H2,1-3H3,(H,22,23). The molecule has 1 aliphatic heterocycles. The van der Waals surface area contributed by atoms with Crippen molar-refractivity contribution >= 4 is 23.8 Å². The highest BCUT2D eigenvalue weighted by atomic mass is 35.5. The third-order valence-electron chi connectivity index (χ3n) is 3.66. The number of aliphatic hydroxyl groups is 1. The normalized spacial score (nSPS) is 17.0. The molecule has 9 heteroatoms. The Morgan fingerprint density at radius 2 is 2.12 bits per heavy atom. The molecule has 0 bridgehead atoms. The average molecular weight is 372 g/mol. The fourth-order valence-corrected chi connectivity index (χ4v) is 2.82. The molecule has 1 aliphatic rings. The molecule has 2 heterocycles. The minimum atomic E-state index is -1.10. The molecule has 0 aromatic carbocycles. The van der Waals surface area contributed by atoms with Crippen LogP contribution in [-0.4, -0.2) is 62.5 Å². The summed E-state index contributed by atoms with van der Waals surface area (Å²) in [5, 5.41) is 19.0. The molecule has 2 amide bonds. The van der Waals surface area contributed by atoms with Crippen molar-refractivity contribution in [3.05, 3.63) is 28.5 Å². The smallest absolute Gasteiger partial charge is 0.411 e. The third-order valence-corrected chi connectivity index (χ3v) is 3.87. The van der Waals surface area contributed by atoms with Gasteiger partial charge in [-0.3, -0.25) is 4.90 Å². The minimum absolute atomic E-state index is 0.0132. The number of fused-ring (bicyclic) bond motifs is 1. The van der Waals surface area contributed by atoms with E-state index >= 15 is 0 Å². The van der Waals surface area contributed by atoms with Gasteiger partial charge in [0.1, 0.15) is 10.8 Å². The zero-order chi connectivity index (χ0) is 18.8. The summed E-state index contributed by atoms with van der Waals surface area (Å²) in [5.41, 5.74) is 0.454. The summed E-state index contributed by atoms with van der Waals surface area (Å²) < 4.78 is 5.40. The first-order chi connectivity index (χ1) is 11.6. The van der Waals surface area contributed by atoms with E-state index in [2.05, 4.69) is 4.98 Å². The van der Waals surface area contributed by atoms with Crippen LogP contribution in [0.3, 0.4) is 0 Å². The molecule has 0 radical (unpaired) electrons. The van der Waals surface area contributed by atoms with Crippen molar-refractivity contribution in [2.24, 2.45) is 0 Å². The van der Waals surface area contributed by atoms with Gasteiger partial charge < -0.3 is 19.8 Å². The Hall–Kier alpha value is -2.06. The molecule has 138 valence electrons. The van der Waals surface area contributed by atoms with Gasteiger partial charge in [0.05, 0.1) is 31.4 Å². The summed E-state index contributed by atoms with van der Waals surface area (Å²) in [6, 6.07) is 2.58. The molecule has 1 atom stereocenters. The molecular formula is C16H22ClN3O5. The van der Waals surface area contributed by atoms with Crippen LogP contribution in [0.1, 0.15) is 38.1 Å². The average Bonchev–Trinajstić information content (AvgIpc) is 2.50. The van der Waals surface area contributed by atoms with Crippen LogP contribution in [0.15, 0.2) is 12.1 Å². The highest BCUT2D eigenvalue weighted by Gasteiger charge is 2.37. The quantitative estimate of drug-likeness (QED) is 0.791. The number of carbonyl (C=O) groups excluding carboxylic acids is 1. The van der Waals surface area contributed by atoms with E-state index < -0.39 is 23.8 Å². The van der Waals surface area contributed by atoms with Crippen molar-refractivity contribution < 1.29 is 24.5 Å². The number of halogens is 1. The molecule has 0 spiro atoms. The molecule has 0 aliphatic carbocycles. The monoisotopic (exact) mass is 371 g/mol. The van der Waals surface area contributed by atoms with Crippen molar-refractivity contribution in [1.29, 1.82) is 0 Å². The van der Waals surface area contributed by atoms with Gasteiger partial charge in [0.15, 0.2) is 0 Å². The molecule has 0 saturated heterocycles. The van der Waals surface area contributed by atoms with E-state index in [1.165, 1.54) is 9.80 Å². The van der Waals surface area contributed by atoms with E-state index in [0.29, 0.717) is 11.3 Å². The number of aromatic nitrogens is 1. The number of nitrogens with zero attached hydrogens (tertiary/aromatic N) is 3. The Labute approximate surface area is 151 Å². The lowest BCUT2D eigenvalue weighted by Gasteiger charge is -2.39. The molecular weight excluding hydrogens is 350 g/mol. The van der Waals surface area contributed by atoms with Crippen LogP contribution in [0.25, 0.3) is 0 Å². The maximum Gasteiger partial charge on any atom is 0.411 e. The lowest BCUT2D eigenvalue weighted by Crippen LogP contribution is -2.48. The second kappa shape index (κ2) is 7.45. The van der Waals surface area contributed by atoms with E-state index in [0.717, 1.165) is 0 Å². The first-order valence-electron chi connectivity index (χ1n) is 7.86. The lowest BCUT2D eigenvalue weighted by atomic mass is 10.00. The Balaban J connectivity index is 2.42. The number of hydrogen-bond donors (Lipinski definition) is 2. The van der Waals surface area contributed by atoms with Crippen molar-refractivity contribution in [1.82, 2.24) is 14.8 Å². The maximum absolute atomic E-state index is 12.6. The van der Waals surface area contributed by atoms with Gasteiger partial charge in [0, 0.05) is 6.54 Å². The van der Waals surface area contributed by atoms with Gasteiger partial charge >= 0.3 is 12.2 Å². The highest BCUT2D eigenvalue weighted by molar-refractivity contribution is 6.29. The van der Waals surface area contributed by atoms with Crippen LogP contribution in [0.5, 0.6) is 0 Å². The molecule has 0 fully saturated rings. The third kappa shape index (κ3) is 4.73. The number of carbonyl (C=O) groups is 2. The summed E-state index contributed by atoms with van der Waals surface area (Å²) in [5.74, 6) is 0. The summed E-state index contributed by atoms with van der Waals surface area (Å²) in [6.07, 6.45) is -1.75. The van der Waals surface area contributed by atoms with Gasteiger partial charge in [0.25, 0.3) is 0 Å². The molecule has 1 aromatic rings. The molecule has 1 unspecified atom stereocenters. The highest BCUT2D eigenvalue weighted by Crippen LogP contribution is 2.31. The fraction of sp³-hybridized carbons (Fsp3) is 0.562. The predicted octanol–water partition coefficient (Wildman–Crippen LogP) is 2.50. The maximum atomic E-state index is 12.6. The zero-order valence-corrected chi connectivity index (χ0v) is 15.2. The number of ether oxygens (including phenoxy) is 1. The summed E-state index contributed by atoms with van der Waals surface area (Å²) in [6.45, 7) is 5.07. The Morgan fingerprint density at radius 3 is 2.68 bits per heavy atom. The van der Waals surface area contributed by atoms with Crippen molar-refractivity contribution in [2.75, 3.05) is 19.7 Å². The van der Waals surface area contributed by atoms with E-state index in [9.17, 15) is 19.8 Å². The van der Waals surface area contributed by atoms with Gasteiger partial charge in [-0.2, -0.15) is 0 Å². The molecule has 0 saturated carbocycles. The second-order valence-electron chi connectivity index (χ2n) is 6.75. The van der Waals surface area contributed by atoms with Gasteiger partial charge in [-0.05, 0) is 32.4 Å². The number of aliphatic hydroxyl groups excluding tert-OH is 1. The summed E-state index contributed by atoms with van der Waals surface area (Å²) >= 11 is 5.98. The van der Waals surface area contributed by atoms with Crippen LogP contribution in [0.4, 0.5) is 9.59 Å². The van der Waals surface area contributed by atoms with Crippen molar-refractivity contribution in [3.63, 3.8) is 0 Å². The number of pyridine rings is 1. The van der Waals surface area contributed by atoms with Crippen LogP contribution >= 0.6 is 11.6 Å².